The van der Waals surface area contributed by atoms with Crippen LogP contribution in [-0.2, 0) is 6.54 Å². The minimum Gasteiger partial charge on any atom is -0.396 e. The van der Waals surface area contributed by atoms with Gasteiger partial charge >= 0.3 is 0 Å². The van der Waals surface area contributed by atoms with Gasteiger partial charge in [-0.25, -0.2) is 8.78 Å². The number of benzene rings is 2. The van der Waals surface area contributed by atoms with Gasteiger partial charge < -0.3 is 11.1 Å². The Morgan fingerprint density at radius 1 is 1.21 bits per heavy atom. The van der Waals surface area contributed by atoms with Gasteiger partial charge in [0.05, 0.1) is 16.9 Å². The summed E-state index contributed by atoms with van der Waals surface area (Å²) in [5.41, 5.74) is 7.31. The number of nitriles is 1. The zero-order chi connectivity index (χ0) is 13.8. The van der Waals surface area contributed by atoms with Crippen LogP contribution in [0.5, 0.6) is 0 Å². The third-order valence-corrected chi connectivity index (χ3v) is 2.71. The Kier molecular flexibility index (Phi) is 3.62. The Balaban J connectivity index is 2.17. The third kappa shape index (κ3) is 2.80. The normalized spacial score (nSPS) is 9.95. The molecule has 3 nitrogen and oxygen atoms in total. The summed E-state index contributed by atoms with van der Waals surface area (Å²) in [5.74, 6) is -1.24. The molecule has 0 fully saturated rings. The molecule has 0 atom stereocenters. The summed E-state index contributed by atoms with van der Waals surface area (Å²) in [4.78, 5) is 0. The molecule has 2 aromatic rings. The van der Waals surface area contributed by atoms with E-state index in [0.717, 1.165) is 6.07 Å². The van der Waals surface area contributed by atoms with Crippen molar-refractivity contribution in [2.24, 2.45) is 0 Å². The molecule has 0 amide bonds. The number of hydrogen-bond donors (Lipinski definition) is 2. The van der Waals surface area contributed by atoms with Crippen molar-refractivity contribution in [3.05, 3.63) is 59.2 Å². The number of nitrogens with zero attached hydrogens (tertiary/aromatic N) is 1. The molecule has 2 aromatic carbocycles. The highest BCUT2D eigenvalue weighted by Gasteiger charge is 2.06. The van der Waals surface area contributed by atoms with Gasteiger partial charge in [0, 0.05) is 18.2 Å². The van der Waals surface area contributed by atoms with E-state index >= 15 is 0 Å². The van der Waals surface area contributed by atoms with Gasteiger partial charge in [-0.15, -0.1) is 0 Å². The van der Waals surface area contributed by atoms with Gasteiger partial charge in [0.15, 0.2) is 0 Å². The molecule has 0 heterocycles. The molecule has 3 N–H and O–H groups in total. The molecule has 5 heteroatoms. The Morgan fingerprint density at radius 2 is 2.00 bits per heavy atom. The zero-order valence-electron chi connectivity index (χ0n) is 9.95. The summed E-state index contributed by atoms with van der Waals surface area (Å²) in [6.45, 7) is 0.158. The molecule has 0 aliphatic rings. The lowest BCUT2D eigenvalue weighted by Gasteiger charge is -2.10. The summed E-state index contributed by atoms with van der Waals surface area (Å²) in [7, 11) is 0. The van der Waals surface area contributed by atoms with Gasteiger partial charge in [0.25, 0.3) is 0 Å². The van der Waals surface area contributed by atoms with Crippen LogP contribution < -0.4 is 11.1 Å². The largest absolute Gasteiger partial charge is 0.396 e. The van der Waals surface area contributed by atoms with Crippen LogP contribution in [0.2, 0.25) is 0 Å². The van der Waals surface area contributed by atoms with Gasteiger partial charge in [-0.05, 0) is 18.2 Å². The van der Waals surface area contributed by atoms with Crippen molar-refractivity contribution in [2.75, 3.05) is 11.1 Å². The van der Waals surface area contributed by atoms with Crippen LogP contribution >= 0.6 is 0 Å². The second-order valence-corrected chi connectivity index (χ2v) is 3.97. The lowest BCUT2D eigenvalue weighted by atomic mass is 10.1. The molecular formula is C14H11F2N3. The van der Waals surface area contributed by atoms with Gasteiger partial charge in [0.1, 0.15) is 17.7 Å². The highest BCUT2D eigenvalue weighted by molar-refractivity contribution is 5.72. The van der Waals surface area contributed by atoms with E-state index in [4.69, 9.17) is 11.0 Å². The van der Waals surface area contributed by atoms with Crippen molar-refractivity contribution < 1.29 is 8.78 Å². The van der Waals surface area contributed by atoms with Crippen LogP contribution in [0.4, 0.5) is 20.2 Å². The molecule has 0 aliphatic heterocycles. The SMILES string of the molecule is N#Cc1cccc(NCc2ccc(F)cc2F)c1N. The van der Waals surface area contributed by atoms with Crippen LogP contribution in [0.1, 0.15) is 11.1 Å². The van der Waals surface area contributed by atoms with Crippen molar-refractivity contribution in [1.82, 2.24) is 0 Å². The van der Waals surface area contributed by atoms with E-state index in [0.29, 0.717) is 22.5 Å². The highest BCUT2D eigenvalue weighted by Crippen LogP contribution is 2.23. The average Bonchev–Trinajstić information content (AvgIpc) is 2.39. The fraction of sp³-hybridized carbons (Fsp3) is 0.0714. The molecule has 0 aromatic heterocycles. The predicted molar refractivity (Wildman–Crippen MR) is 69.3 cm³/mol. The first-order chi connectivity index (χ1) is 9.11. The van der Waals surface area contributed by atoms with Crippen LogP contribution in [0.15, 0.2) is 36.4 Å². The van der Waals surface area contributed by atoms with Gasteiger partial charge in [-0.1, -0.05) is 12.1 Å². The number of nitrogens with one attached hydrogen (secondary N) is 1. The van der Waals surface area contributed by atoms with Gasteiger partial charge in [-0.2, -0.15) is 5.26 Å². The van der Waals surface area contributed by atoms with Crippen molar-refractivity contribution in [3.63, 3.8) is 0 Å². The Hall–Kier alpha value is -2.61. The predicted octanol–water partition coefficient (Wildman–Crippen LogP) is 3.03. The smallest absolute Gasteiger partial charge is 0.131 e. The quantitative estimate of drug-likeness (QED) is 0.833. The number of hydrogen-bond acceptors (Lipinski definition) is 3. The van der Waals surface area contributed by atoms with E-state index in [1.807, 2.05) is 6.07 Å². The van der Waals surface area contributed by atoms with Crippen LogP contribution in [0, 0.1) is 23.0 Å². The molecule has 0 unspecified atom stereocenters. The summed E-state index contributed by atoms with van der Waals surface area (Å²) >= 11 is 0. The monoisotopic (exact) mass is 259 g/mol. The first-order valence-corrected chi connectivity index (χ1v) is 5.58. The lowest BCUT2D eigenvalue weighted by molar-refractivity contribution is 0.574. The maximum absolute atomic E-state index is 13.4. The number of para-hydroxylation sites is 1. The number of rotatable bonds is 3. The molecule has 0 bridgehead atoms. The summed E-state index contributed by atoms with van der Waals surface area (Å²) < 4.78 is 26.2. The molecule has 0 spiro atoms. The Labute approximate surface area is 109 Å². The van der Waals surface area contributed by atoms with E-state index in [1.54, 1.807) is 18.2 Å². The molecule has 96 valence electrons. The second-order valence-electron chi connectivity index (χ2n) is 3.97. The second kappa shape index (κ2) is 5.36. The zero-order valence-corrected chi connectivity index (χ0v) is 9.95. The van der Waals surface area contributed by atoms with Crippen molar-refractivity contribution in [2.45, 2.75) is 6.54 Å². The van der Waals surface area contributed by atoms with E-state index in [-0.39, 0.29) is 6.54 Å². The minimum absolute atomic E-state index is 0.158. The first-order valence-electron chi connectivity index (χ1n) is 5.58. The minimum atomic E-state index is -0.623. The molecular weight excluding hydrogens is 248 g/mol. The maximum Gasteiger partial charge on any atom is 0.131 e. The fourth-order valence-corrected chi connectivity index (χ4v) is 1.67. The fourth-order valence-electron chi connectivity index (χ4n) is 1.67. The molecule has 0 radical (unpaired) electrons. The van der Waals surface area contributed by atoms with Crippen molar-refractivity contribution in [3.8, 4) is 6.07 Å². The molecule has 0 aliphatic carbocycles. The Bertz CT molecular complexity index is 648. The third-order valence-electron chi connectivity index (χ3n) is 2.71. The maximum atomic E-state index is 13.4. The summed E-state index contributed by atoms with van der Waals surface area (Å²) in [6.07, 6.45) is 0. The van der Waals surface area contributed by atoms with Crippen molar-refractivity contribution >= 4 is 11.4 Å². The first kappa shape index (κ1) is 12.8. The average molecular weight is 259 g/mol. The van der Waals surface area contributed by atoms with Gasteiger partial charge in [0.2, 0.25) is 0 Å². The molecule has 2 rings (SSSR count). The van der Waals surface area contributed by atoms with Crippen molar-refractivity contribution in [1.29, 1.82) is 5.26 Å². The topological polar surface area (TPSA) is 61.8 Å². The lowest BCUT2D eigenvalue weighted by Crippen LogP contribution is -2.05. The molecule has 0 saturated carbocycles. The molecule has 19 heavy (non-hydrogen) atoms. The van der Waals surface area contributed by atoms with Gasteiger partial charge in [-0.3, -0.25) is 0 Å². The number of anilines is 2. The van der Waals surface area contributed by atoms with Crippen LogP contribution in [0.3, 0.4) is 0 Å². The van der Waals surface area contributed by atoms with E-state index in [1.165, 1.54) is 12.1 Å². The number of nitrogen functional groups attached to an aromatic ring is 1. The molecule has 0 saturated heterocycles. The van der Waals surface area contributed by atoms with E-state index in [9.17, 15) is 8.78 Å². The summed E-state index contributed by atoms with van der Waals surface area (Å²) in [6, 6.07) is 10.3. The van der Waals surface area contributed by atoms with Crippen LogP contribution in [-0.4, -0.2) is 0 Å². The Morgan fingerprint density at radius 3 is 2.68 bits per heavy atom. The standard InChI is InChI=1S/C14H11F2N3/c15-11-5-4-10(12(16)6-11)8-19-13-3-1-2-9(7-17)14(13)18/h1-6,19H,8,18H2. The number of halogens is 2. The highest BCUT2D eigenvalue weighted by atomic mass is 19.1. The summed E-state index contributed by atoms with van der Waals surface area (Å²) in [5, 5.41) is 11.8. The van der Waals surface area contributed by atoms with E-state index in [2.05, 4.69) is 5.32 Å². The van der Waals surface area contributed by atoms with E-state index < -0.39 is 11.6 Å². The van der Waals surface area contributed by atoms with Crippen LogP contribution in [0.25, 0.3) is 0 Å². The number of nitrogens with two attached hydrogens (primary N) is 1.